The van der Waals surface area contributed by atoms with Gasteiger partial charge in [-0.1, -0.05) is 24.3 Å². The van der Waals surface area contributed by atoms with Gasteiger partial charge in [0, 0.05) is 37.7 Å². The number of carbonyl (C=O) groups is 1. The van der Waals surface area contributed by atoms with E-state index in [4.69, 9.17) is 0 Å². The van der Waals surface area contributed by atoms with E-state index < -0.39 is 10.0 Å². The highest BCUT2D eigenvalue weighted by molar-refractivity contribution is 7.89. The molecular formula is C21H20N4O3S. The van der Waals surface area contributed by atoms with E-state index in [0.29, 0.717) is 25.3 Å². The molecule has 0 spiro atoms. The van der Waals surface area contributed by atoms with Crippen molar-refractivity contribution in [3.8, 4) is 0 Å². The third kappa shape index (κ3) is 4.28. The van der Waals surface area contributed by atoms with Crippen LogP contribution < -0.4 is 10.6 Å². The van der Waals surface area contributed by atoms with Crippen molar-refractivity contribution in [2.45, 2.75) is 24.5 Å². The van der Waals surface area contributed by atoms with E-state index in [-0.39, 0.29) is 10.9 Å². The molecule has 148 valence electrons. The maximum atomic E-state index is 12.9. The van der Waals surface area contributed by atoms with Crippen molar-refractivity contribution in [1.82, 2.24) is 14.6 Å². The summed E-state index contributed by atoms with van der Waals surface area (Å²) in [7, 11) is -3.60. The topological polar surface area (TPSA) is 91.4 Å². The fourth-order valence-corrected chi connectivity index (χ4v) is 4.59. The molecule has 0 saturated carbocycles. The van der Waals surface area contributed by atoms with E-state index in [0.717, 1.165) is 16.7 Å². The maximum absolute atomic E-state index is 12.9. The van der Waals surface area contributed by atoms with Crippen LogP contribution in [0.4, 0.5) is 10.5 Å². The number of hydrogen-bond donors (Lipinski definition) is 2. The first-order chi connectivity index (χ1) is 14.0. The number of hydrogen-bond acceptors (Lipinski definition) is 4. The molecule has 1 aliphatic rings. The largest absolute Gasteiger partial charge is 0.334 e. The number of rotatable bonds is 5. The molecule has 0 fully saturated rings. The third-order valence-electron chi connectivity index (χ3n) is 4.76. The van der Waals surface area contributed by atoms with Crippen molar-refractivity contribution < 1.29 is 13.2 Å². The van der Waals surface area contributed by atoms with Gasteiger partial charge in [0.05, 0.1) is 4.90 Å². The normalized spacial score (nSPS) is 13.7. The minimum atomic E-state index is -3.60. The average Bonchev–Trinajstić information content (AvgIpc) is 3.19. The van der Waals surface area contributed by atoms with Crippen LogP contribution in [0, 0.1) is 0 Å². The van der Waals surface area contributed by atoms with Gasteiger partial charge >= 0.3 is 6.03 Å². The molecule has 3 aromatic rings. The molecule has 2 aromatic carbocycles. The molecular weight excluding hydrogens is 388 g/mol. The van der Waals surface area contributed by atoms with E-state index in [1.807, 2.05) is 36.4 Å². The Labute approximate surface area is 169 Å². The minimum Gasteiger partial charge on any atom is -0.334 e. The molecule has 2 heterocycles. The molecule has 0 saturated heterocycles. The Morgan fingerprint density at radius 2 is 1.55 bits per heavy atom. The van der Waals surface area contributed by atoms with Gasteiger partial charge in [-0.25, -0.2) is 13.2 Å². The number of amides is 2. The van der Waals surface area contributed by atoms with Crippen LogP contribution in [0.5, 0.6) is 0 Å². The number of anilines is 1. The molecule has 1 aliphatic heterocycles. The number of benzene rings is 2. The highest BCUT2D eigenvalue weighted by Crippen LogP contribution is 2.28. The van der Waals surface area contributed by atoms with Crippen molar-refractivity contribution in [1.29, 1.82) is 0 Å². The van der Waals surface area contributed by atoms with E-state index >= 15 is 0 Å². The van der Waals surface area contributed by atoms with Gasteiger partial charge in [0.1, 0.15) is 0 Å². The van der Waals surface area contributed by atoms with E-state index in [1.165, 1.54) is 16.4 Å². The van der Waals surface area contributed by atoms with E-state index in [1.54, 1.807) is 24.5 Å². The van der Waals surface area contributed by atoms with Crippen molar-refractivity contribution >= 4 is 21.7 Å². The van der Waals surface area contributed by atoms with Crippen LogP contribution in [-0.4, -0.2) is 23.7 Å². The lowest BCUT2D eigenvalue weighted by Crippen LogP contribution is -2.28. The molecule has 1 aromatic heterocycles. The lowest BCUT2D eigenvalue weighted by Gasteiger charge is -2.16. The van der Waals surface area contributed by atoms with Gasteiger partial charge in [-0.05, 0) is 53.1 Å². The SMILES string of the molecule is O=C(NCc1ccncc1)Nc1ccc(S(=O)(=O)N2Cc3ccccc3C2)cc1. The summed E-state index contributed by atoms with van der Waals surface area (Å²) in [4.78, 5) is 16.2. The predicted octanol–water partition coefficient (Wildman–Crippen LogP) is 3.11. The number of fused-ring (bicyclic) bond motifs is 1. The Morgan fingerprint density at radius 3 is 2.17 bits per heavy atom. The van der Waals surface area contributed by atoms with Crippen molar-refractivity contribution in [2.75, 3.05) is 5.32 Å². The Kier molecular flexibility index (Phi) is 5.28. The molecule has 4 rings (SSSR count). The number of nitrogens with zero attached hydrogens (tertiary/aromatic N) is 2. The fourth-order valence-electron chi connectivity index (χ4n) is 3.19. The highest BCUT2D eigenvalue weighted by Gasteiger charge is 2.30. The molecule has 0 unspecified atom stereocenters. The fraction of sp³-hybridized carbons (Fsp3) is 0.143. The summed E-state index contributed by atoms with van der Waals surface area (Å²) < 4.78 is 27.3. The zero-order chi connectivity index (χ0) is 20.3. The Morgan fingerprint density at radius 1 is 0.931 bits per heavy atom. The number of sulfonamides is 1. The molecule has 0 atom stereocenters. The van der Waals surface area contributed by atoms with E-state index in [9.17, 15) is 13.2 Å². The van der Waals surface area contributed by atoms with Gasteiger partial charge in [-0.2, -0.15) is 4.31 Å². The molecule has 0 aliphatic carbocycles. The van der Waals surface area contributed by atoms with Gasteiger partial charge in [0.25, 0.3) is 0 Å². The van der Waals surface area contributed by atoms with Gasteiger partial charge in [-0.15, -0.1) is 0 Å². The van der Waals surface area contributed by atoms with Crippen LogP contribution in [0.25, 0.3) is 0 Å². The summed E-state index contributed by atoms with van der Waals surface area (Å²) in [6, 6.07) is 17.2. The van der Waals surface area contributed by atoms with Gasteiger partial charge in [0.2, 0.25) is 10.0 Å². The molecule has 2 amide bonds. The van der Waals surface area contributed by atoms with Gasteiger partial charge in [0.15, 0.2) is 0 Å². The lowest BCUT2D eigenvalue weighted by atomic mass is 10.1. The van der Waals surface area contributed by atoms with Crippen LogP contribution in [0.3, 0.4) is 0 Å². The van der Waals surface area contributed by atoms with Crippen LogP contribution in [0.15, 0.2) is 78.0 Å². The second-order valence-corrected chi connectivity index (χ2v) is 8.67. The monoisotopic (exact) mass is 408 g/mol. The van der Waals surface area contributed by atoms with Crippen LogP contribution in [0.1, 0.15) is 16.7 Å². The summed E-state index contributed by atoms with van der Waals surface area (Å²) in [6.07, 6.45) is 3.32. The number of aromatic nitrogens is 1. The number of urea groups is 1. The Hall–Kier alpha value is -3.23. The summed E-state index contributed by atoms with van der Waals surface area (Å²) in [5, 5.41) is 5.44. The number of nitrogens with one attached hydrogen (secondary N) is 2. The van der Waals surface area contributed by atoms with Crippen molar-refractivity contribution in [3.63, 3.8) is 0 Å². The molecule has 29 heavy (non-hydrogen) atoms. The minimum absolute atomic E-state index is 0.202. The quantitative estimate of drug-likeness (QED) is 0.679. The lowest BCUT2D eigenvalue weighted by molar-refractivity contribution is 0.251. The van der Waals surface area contributed by atoms with Crippen molar-refractivity contribution in [3.05, 3.63) is 89.7 Å². The molecule has 2 N–H and O–H groups in total. The summed E-state index contributed by atoms with van der Waals surface area (Å²) in [5.41, 5.74) is 3.50. The summed E-state index contributed by atoms with van der Waals surface area (Å²) >= 11 is 0. The van der Waals surface area contributed by atoms with Crippen molar-refractivity contribution in [2.24, 2.45) is 0 Å². The molecule has 0 radical (unpaired) electrons. The second kappa shape index (κ2) is 8.02. The number of carbonyl (C=O) groups excluding carboxylic acids is 1. The van der Waals surface area contributed by atoms with Gasteiger partial charge < -0.3 is 10.6 Å². The zero-order valence-electron chi connectivity index (χ0n) is 15.6. The number of pyridine rings is 1. The first-order valence-corrected chi connectivity index (χ1v) is 10.6. The standard InChI is InChI=1S/C21H20N4O3S/c26-21(23-13-16-9-11-22-12-10-16)24-19-5-7-20(8-6-19)29(27,28)25-14-17-3-1-2-4-18(17)15-25/h1-12H,13-15H2,(H2,23,24,26). The van der Waals surface area contributed by atoms with Crippen LogP contribution >= 0.6 is 0 Å². The zero-order valence-corrected chi connectivity index (χ0v) is 16.4. The molecule has 8 heteroatoms. The Bertz CT molecular complexity index is 1090. The van der Waals surface area contributed by atoms with Gasteiger partial charge in [-0.3, -0.25) is 4.98 Å². The molecule has 0 bridgehead atoms. The highest BCUT2D eigenvalue weighted by atomic mass is 32.2. The predicted molar refractivity (Wildman–Crippen MR) is 109 cm³/mol. The summed E-state index contributed by atoms with van der Waals surface area (Å²) in [6.45, 7) is 1.11. The second-order valence-electron chi connectivity index (χ2n) is 6.73. The smallest absolute Gasteiger partial charge is 0.319 e. The first-order valence-electron chi connectivity index (χ1n) is 9.13. The average molecular weight is 408 g/mol. The third-order valence-corrected chi connectivity index (χ3v) is 6.57. The molecule has 7 nitrogen and oxygen atoms in total. The maximum Gasteiger partial charge on any atom is 0.319 e. The van der Waals surface area contributed by atoms with E-state index in [2.05, 4.69) is 15.6 Å². The summed E-state index contributed by atoms with van der Waals surface area (Å²) in [5.74, 6) is 0. The Balaban J connectivity index is 1.38. The van der Waals surface area contributed by atoms with Crippen LogP contribution in [-0.2, 0) is 29.7 Å². The first kappa shape index (κ1) is 19.1. The van der Waals surface area contributed by atoms with Crippen LogP contribution in [0.2, 0.25) is 0 Å².